The Balaban J connectivity index is 3.68. The Morgan fingerprint density at radius 3 is 2.00 bits per heavy atom. The Bertz CT molecular complexity index is 166. The molecule has 0 bridgehead atoms. The van der Waals surface area contributed by atoms with E-state index in [1.807, 2.05) is 20.8 Å². The second-order valence-electron chi connectivity index (χ2n) is 5.80. The van der Waals surface area contributed by atoms with Crippen LogP contribution in [0.5, 0.6) is 0 Å². The largest absolute Gasteiger partial charge is 0.273 e. The van der Waals surface area contributed by atoms with Crippen LogP contribution in [-0.4, -0.2) is 11.5 Å². The van der Waals surface area contributed by atoms with Crippen molar-refractivity contribution in [2.75, 3.05) is 0 Å². The molecule has 14 heavy (non-hydrogen) atoms. The number of carbonyl (C=O) groups is 1. The lowest BCUT2D eigenvalue weighted by Crippen LogP contribution is -2.33. The summed E-state index contributed by atoms with van der Waals surface area (Å²) in [5, 5.41) is 0. The Morgan fingerprint density at radius 1 is 1.14 bits per heavy atom. The monoisotopic (exact) mass is 201 g/mol. The minimum absolute atomic E-state index is 0.0464. The lowest BCUT2D eigenvalue weighted by molar-refractivity contribution is -0.146. The van der Waals surface area contributed by atoms with Gasteiger partial charge in [-0.05, 0) is 32.6 Å². The fraction of sp³-hybridized carbons (Fsp3) is 0.909. The van der Waals surface area contributed by atoms with Gasteiger partial charge in [-0.2, -0.15) is 0 Å². The van der Waals surface area contributed by atoms with Crippen molar-refractivity contribution < 1.29 is 9.63 Å². The Morgan fingerprint density at radius 2 is 1.64 bits per heavy atom. The molecule has 0 spiro atoms. The topological polar surface area (TPSA) is 38.3 Å². The highest BCUT2D eigenvalue weighted by Crippen LogP contribution is 2.20. The normalized spacial score (nSPS) is 12.7. The van der Waals surface area contributed by atoms with E-state index in [1.54, 1.807) is 0 Å². The molecule has 3 heteroatoms. The van der Waals surface area contributed by atoms with Crippen LogP contribution < -0.4 is 5.48 Å². The van der Waals surface area contributed by atoms with Gasteiger partial charge in [-0.3, -0.25) is 9.63 Å². The summed E-state index contributed by atoms with van der Waals surface area (Å²) in [5.41, 5.74) is 2.33. The van der Waals surface area contributed by atoms with Gasteiger partial charge in [0.05, 0.1) is 5.60 Å². The van der Waals surface area contributed by atoms with Crippen molar-refractivity contribution >= 4 is 5.91 Å². The third-order valence-electron chi connectivity index (χ3n) is 1.57. The van der Waals surface area contributed by atoms with Crippen molar-refractivity contribution in [3.05, 3.63) is 0 Å². The molecular weight excluding hydrogens is 178 g/mol. The summed E-state index contributed by atoms with van der Waals surface area (Å²) in [6.07, 6.45) is 1.38. The van der Waals surface area contributed by atoms with Gasteiger partial charge in [-0.15, -0.1) is 0 Å². The van der Waals surface area contributed by atoms with Crippen molar-refractivity contribution in [2.24, 2.45) is 5.41 Å². The summed E-state index contributed by atoms with van der Waals surface area (Å²) < 4.78 is 0. The number of hydroxylamine groups is 1. The molecule has 0 aliphatic rings. The molecule has 0 heterocycles. The summed E-state index contributed by atoms with van der Waals surface area (Å²) in [6, 6.07) is 0. The van der Waals surface area contributed by atoms with Crippen LogP contribution in [0.25, 0.3) is 0 Å². The van der Waals surface area contributed by atoms with E-state index in [0.717, 1.165) is 6.42 Å². The van der Waals surface area contributed by atoms with E-state index < -0.39 is 0 Å². The first kappa shape index (κ1) is 13.4. The molecule has 0 aromatic carbocycles. The Hall–Kier alpha value is -0.570. The zero-order chi connectivity index (χ0) is 11.4. The standard InChI is InChI=1S/C11H23NO2/c1-10(2,3)8-7-9(13)12-14-11(4,5)6/h7-8H2,1-6H3,(H,12,13). The van der Waals surface area contributed by atoms with Gasteiger partial charge >= 0.3 is 0 Å². The van der Waals surface area contributed by atoms with E-state index in [2.05, 4.69) is 26.3 Å². The fourth-order valence-electron chi connectivity index (χ4n) is 0.750. The van der Waals surface area contributed by atoms with Crippen LogP contribution in [0.1, 0.15) is 54.4 Å². The number of carbonyl (C=O) groups excluding carboxylic acids is 1. The van der Waals surface area contributed by atoms with Gasteiger partial charge in [0.15, 0.2) is 0 Å². The molecule has 0 aliphatic heterocycles. The molecule has 0 rings (SSSR count). The van der Waals surface area contributed by atoms with E-state index >= 15 is 0 Å². The minimum Gasteiger partial charge on any atom is -0.273 e. The molecule has 0 atom stereocenters. The van der Waals surface area contributed by atoms with Crippen molar-refractivity contribution in [3.8, 4) is 0 Å². The van der Waals surface area contributed by atoms with E-state index in [4.69, 9.17) is 4.84 Å². The van der Waals surface area contributed by atoms with Gasteiger partial charge in [0.2, 0.25) is 5.91 Å². The average Bonchev–Trinajstić information content (AvgIpc) is 1.94. The van der Waals surface area contributed by atoms with Crippen molar-refractivity contribution in [1.82, 2.24) is 5.48 Å². The number of hydrogen-bond acceptors (Lipinski definition) is 2. The molecule has 3 nitrogen and oxygen atoms in total. The quantitative estimate of drug-likeness (QED) is 0.713. The van der Waals surface area contributed by atoms with Crippen molar-refractivity contribution in [1.29, 1.82) is 0 Å². The third kappa shape index (κ3) is 9.52. The first-order valence-corrected chi connectivity index (χ1v) is 5.07. The van der Waals surface area contributed by atoms with Gasteiger partial charge in [0, 0.05) is 6.42 Å². The van der Waals surface area contributed by atoms with Gasteiger partial charge in [0.1, 0.15) is 0 Å². The zero-order valence-electron chi connectivity index (χ0n) is 10.2. The van der Waals surface area contributed by atoms with Gasteiger partial charge < -0.3 is 0 Å². The van der Waals surface area contributed by atoms with E-state index in [1.165, 1.54) is 0 Å². The summed E-state index contributed by atoms with van der Waals surface area (Å²) in [6.45, 7) is 12.0. The smallest absolute Gasteiger partial charge is 0.243 e. The SMILES string of the molecule is CC(C)(C)CCC(=O)NOC(C)(C)C. The Kier molecular flexibility index (Phi) is 4.59. The maximum Gasteiger partial charge on any atom is 0.243 e. The molecule has 0 fully saturated rings. The molecule has 0 aliphatic carbocycles. The lowest BCUT2D eigenvalue weighted by atomic mass is 9.90. The molecule has 1 N–H and O–H groups in total. The van der Waals surface area contributed by atoms with Crippen LogP contribution >= 0.6 is 0 Å². The van der Waals surface area contributed by atoms with Crippen LogP contribution in [-0.2, 0) is 9.63 Å². The number of rotatable bonds is 3. The molecule has 0 aromatic heterocycles. The number of nitrogens with one attached hydrogen (secondary N) is 1. The van der Waals surface area contributed by atoms with Crippen molar-refractivity contribution in [2.45, 2.75) is 60.0 Å². The van der Waals surface area contributed by atoms with Crippen LogP contribution in [0.3, 0.4) is 0 Å². The first-order valence-electron chi connectivity index (χ1n) is 5.07. The molecule has 0 saturated carbocycles. The highest BCUT2D eigenvalue weighted by atomic mass is 16.7. The number of amides is 1. The highest BCUT2D eigenvalue weighted by molar-refractivity contribution is 5.74. The van der Waals surface area contributed by atoms with Crippen LogP contribution in [0.4, 0.5) is 0 Å². The Labute approximate surface area is 87.2 Å². The van der Waals surface area contributed by atoms with Crippen LogP contribution in [0.2, 0.25) is 0 Å². The molecule has 0 unspecified atom stereocenters. The minimum atomic E-state index is -0.322. The van der Waals surface area contributed by atoms with Gasteiger partial charge in [0.25, 0.3) is 0 Å². The lowest BCUT2D eigenvalue weighted by Gasteiger charge is -2.21. The molecular formula is C11H23NO2. The summed E-state index contributed by atoms with van der Waals surface area (Å²) in [4.78, 5) is 16.5. The zero-order valence-corrected chi connectivity index (χ0v) is 10.2. The molecule has 0 aromatic rings. The second-order valence-corrected chi connectivity index (χ2v) is 5.80. The second kappa shape index (κ2) is 4.78. The maximum atomic E-state index is 11.3. The third-order valence-corrected chi connectivity index (χ3v) is 1.57. The maximum absolute atomic E-state index is 11.3. The predicted molar refractivity (Wildman–Crippen MR) is 57.7 cm³/mol. The van der Waals surface area contributed by atoms with E-state index in [-0.39, 0.29) is 16.9 Å². The average molecular weight is 201 g/mol. The fourth-order valence-corrected chi connectivity index (χ4v) is 0.750. The van der Waals surface area contributed by atoms with Crippen molar-refractivity contribution in [3.63, 3.8) is 0 Å². The predicted octanol–water partition coefficient (Wildman–Crippen LogP) is 2.66. The van der Waals surface area contributed by atoms with Gasteiger partial charge in [-0.1, -0.05) is 20.8 Å². The molecule has 1 amide bonds. The summed E-state index contributed by atoms with van der Waals surface area (Å²) in [5.74, 6) is -0.0464. The van der Waals surface area contributed by atoms with E-state index in [0.29, 0.717) is 6.42 Å². The van der Waals surface area contributed by atoms with Crippen LogP contribution in [0, 0.1) is 5.41 Å². The molecule has 0 saturated heterocycles. The van der Waals surface area contributed by atoms with E-state index in [9.17, 15) is 4.79 Å². The molecule has 0 radical (unpaired) electrons. The first-order chi connectivity index (χ1) is 6.10. The highest BCUT2D eigenvalue weighted by Gasteiger charge is 2.15. The van der Waals surface area contributed by atoms with Crippen LogP contribution in [0.15, 0.2) is 0 Å². The summed E-state index contributed by atoms with van der Waals surface area (Å²) in [7, 11) is 0. The van der Waals surface area contributed by atoms with Gasteiger partial charge in [-0.25, -0.2) is 5.48 Å². The number of hydrogen-bond donors (Lipinski definition) is 1. The summed E-state index contributed by atoms with van der Waals surface area (Å²) >= 11 is 0. The molecule has 84 valence electrons.